The standard InChI is InChI=1S/C18H12BN/c19-14-8-5-12(6-9-14)13-7-10-18-16(11-13)15-3-1-2-4-17(15)20-18/h1-11,20H. The number of rotatable bonds is 1. The van der Waals surface area contributed by atoms with Crippen LogP contribution in [0.25, 0.3) is 32.9 Å². The van der Waals surface area contributed by atoms with Crippen molar-refractivity contribution in [2.45, 2.75) is 0 Å². The summed E-state index contributed by atoms with van der Waals surface area (Å²) in [5.41, 5.74) is 5.54. The van der Waals surface area contributed by atoms with Gasteiger partial charge in [0.2, 0.25) is 0 Å². The molecule has 0 aliphatic carbocycles. The van der Waals surface area contributed by atoms with Crippen LogP contribution >= 0.6 is 0 Å². The maximum atomic E-state index is 5.75. The molecule has 0 aliphatic heterocycles. The fourth-order valence-electron chi connectivity index (χ4n) is 2.70. The maximum absolute atomic E-state index is 5.75. The quantitative estimate of drug-likeness (QED) is 0.497. The molecule has 1 heterocycles. The summed E-state index contributed by atoms with van der Waals surface area (Å²) in [5.74, 6) is 0. The zero-order valence-corrected chi connectivity index (χ0v) is 10.9. The Hall–Kier alpha value is -2.48. The molecule has 4 aromatic rings. The molecule has 0 aliphatic rings. The number of para-hydroxylation sites is 1. The van der Waals surface area contributed by atoms with Gasteiger partial charge in [-0.2, -0.15) is 0 Å². The summed E-state index contributed by atoms with van der Waals surface area (Å²) in [4.78, 5) is 3.45. The normalized spacial score (nSPS) is 11.2. The molecule has 4 rings (SSSR count). The van der Waals surface area contributed by atoms with Crippen molar-refractivity contribution in [2.75, 3.05) is 0 Å². The summed E-state index contributed by atoms with van der Waals surface area (Å²) < 4.78 is 0. The SMILES string of the molecule is [B]c1ccc(-c2ccc3[nH]c4ccccc4c3c2)cc1. The number of fused-ring (bicyclic) bond motifs is 3. The Morgan fingerprint density at radius 2 is 1.35 bits per heavy atom. The third-order valence-corrected chi connectivity index (χ3v) is 3.75. The van der Waals surface area contributed by atoms with E-state index in [1.165, 1.54) is 32.9 Å². The van der Waals surface area contributed by atoms with E-state index in [2.05, 4.69) is 59.6 Å². The largest absolute Gasteiger partial charge is 0.355 e. The molecule has 1 N–H and O–H groups in total. The molecule has 3 aromatic carbocycles. The summed E-state index contributed by atoms with van der Waals surface area (Å²) >= 11 is 0. The third kappa shape index (κ3) is 1.73. The van der Waals surface area contributed by atoms with Gasteiger partial charge in [0.1, 0.15) is 7.85 Å². The first-order chi connectivity index (χ1) is 9.81. The van der Waals surface area contributed by atoms with Crippen molar-refractivity contribution in [3.05, 3.63) is 66.7 Å². The van der Waals surface area contributed by atoms with Crippen LogP contribution in [0.3, 0.4) is 0 Å². The Balaban J connectivity index is 1.97. The number of benzene rings is 3. The van der Waals surface area contributed by atoms with E-state index >= 15 is 0 Å². The van der Waals surface area contributed by atoms with Crippen LogP contribution in [0.1, 0.15) is 0 Å². The first-order valence-electron chi connectivity index (χ1n) is 6.68. The molecule has 2 heteroatoms. The minimum Gasteiger partial charge on any atom is -0.355 e. The Morgan fingerprint density at radius 3 is 2.20 bits per heavy atom. The van der Waals surface area contributed by atoms with E-state index in [4.69, 9.17) is 7.85 Å². The van der Waals surface area contributed by atoms with Gasteiger partial charge in [0.15, 0.2) is 0 Å². The van der Waals surface area contributed by atoms with Gasteiger partial charge in [-0.15, -0.1) is 0 Å². The summed E-state index contributed by atoms with van der Waals surface area (Å²) in [6, 6.07) is 22.9. The van der Waals surface area contributed by atoms with Gasteiger partial charge in [-0.1, -0.05) is 54.0 Å². The number of aromatic amines is 1. The molecule has 0 saturated carbocycles. The molecule has 92 valence electrons. The lowest BCUT2D eigenvalue weighted by atomic mass is 9.93. The zero-order chi connectivity index (χ0) is 13.5. The number of hydrogen-bond acceptors (Lipinski definition) is 0. The van der Waals surface area contributed by atoms with Gasteiger partial charge in [0, 0.05) is 21.8 Å². The molecule has 0 amide bonds. The van der Waals surface area contributed by atoms with E-state index < -0.39 is 0 Å². The Labute approximate surface area is 118 Å². The molecular formula is C18H12BN. The van der Waals surface area contributed by atoms with Gasteiger partial charge in [-0.3, -0.25) is 0 Å². The van der Waals surface area contributed by atoms with Crippen LogP contribution in [-0.4, -0.2) is 12.8 Å². The minimum absolute atomic E-state index is 0.793. The van der Waals surface area contributed by atoms with Crippen molar-refractivity contribution in [2.24, 2.45) is 0 Å². The van der Waals surface area contributed by atoms with Crippen LogP contribution < -0.4 is 5.46 Å². The number of nitrogens with one attached hydrogen (secondary N) is 1. The highest BCUT2D eigenvalue weighted by Crippen LogP contribution is 2.29. The average molecular weight is 253 g/mol. The van der Waals surface area contributed by atoms with E-state index in [0.717, 1.165) is 5.46 Å². The molecular weight excluding hydrogens is 241 g/mol. The second-order valence-electron chi connectivity index (χ2n) is 5.05. The first kappa shape index (κ1) is 11.4. The molecule has 2 radical (unpaired) electrons. The second kappa shape index (κ2) is 4.27. The van der Waals surface area contributed by atoms with E-state index in [-0.39, 0.29) is 0 Å². The van der Waals surface area contributed by atoms with Crippen LogP contribution in [-0.2, 0) is 0 Å². The molecule has 1 nitrogen and oxygen atoms in total. The monoisotopic (exact) mass is 253 g/mol. The zero-order valence-electron chi connectivity index (χ0n) is 10.9. The molecule has 0 atom stereocenters. The van der Waals surface area contributed by atoms with E-state index in [1.54, 1.807) is 0 Å². The molecule has 0 fully saturated rings. The Bertz CT molecular complexity index is 904. The number of hydrogen-bond donors (Lipinski definition) is 1. The summed E-state index contributed by atoms with van der Waals surface area (Å²) in [6.45, 7) is 0. The van der Waals surface area contributed by atoms with Gasteiger partial charge in [0.25, 0.3) is 0 Å². The molecule has 0 spiro atoms. The highest BCUT2D eigenvalue weighted by molar-refractivity contribution is 6.32. The number of H-pyrrole nitrogens is 1. The Kier molecular flexibility index (Phi) is 2.43. The van der Waals surface area contributed by atoms with Crippen LogP contribution in [0.4, 0.5) is 0 Å². The highest BCUT2D eigenvalue weighted by Gasteiger charge is 2.05. The smallest absolute Gasteiger partial charge is 0.113 e. The highest BCUT2D eigenvalue weighted by atomic mass is 14.7. The van der Waals surface area contributed by atoms with Gasteiger partial charge in [-0.05, 0) is 29.3 Å². The summed E-state index contributed by atoms with van der Waals surface area (Å²) in [5, 5.41) is 2.52. The van der Waals surface area contributed by atoms with E-state index in [1.807, 2.05) is 12.1 Å². The summed E-state index contributed by atoms with van der Waals surface area (Å²) in [7, 11) is 5.75. The molecule has 0 bridgehead atoms. The van der Waals surface area contributed by atoms with Crippen molar-refractivity contribution in [1.29, 1.82) is 0 Å². The summed E-state index contributed by atoms with van der Waals surface area (Å²) in [6.07, 6.45) is 0. The predicted octanol–water partition coefficient (Wildman–Crippen LogP) is 3.78. The van der Waals surface area contributed by atoms with Crippen molar-refractivity contribution >= 4 is 35.1 Å². The fourth-order valence-corrected chi connectivity index (χ4v) is 2.70. The van der Waals surface area contributed by atoms with Crippen molar-refractivity contribution < 1.29 is 0 Å². The predicted molar refractivity (Wildman–Crippen MR) is 86.6 cm³/mol. The van der Waals surface area contributed by atoms with Crippen LogP contribution in [0.15, 0.2) is 66.7 Å². The van der Waals surface area contributed by atoms with Crippen molar-refractivity contribution in [3.63, 3.8) is 0 Å². The first-order valence-corrected chi connectivity index (χ1v) is 6.68. The fraction of sp³-hybridized carbons (Fsp3) is 0. The second-order valence-corrected chi connectivity index (χ2v) is 5.05. The lowest BCUT2D eigenvalue weighted by Gasteiger charge is -2.03. The topological polar surface area (TPSA) is 15.8 Å². The van der Waals surface area contributed by atoms with E-state index in [0.29, 0.717) is 0 Å². The maximum Gasteiger partial charge on any atom is 0.113 e. The number of aromatic nitrogens is 1. The van der Waals surface area contributed by atoms with Crippen LogP contribution in [0.2, 0.25) is 0 Å². The van der Waals surface area contributed by atoms with Crippen LogP contribution in [0.5, 0.6) is 0 Å². The van der Waals surface area contributed by atoms with E-state index in [9.17, 15) is 0 Å². The van der Waals surface area contributed by atoms with Gasteiger partial charge < -0.3 is 4.98 Å². The average Bonchev–Trinajstić information content (AvgIpc) is 2.86. The van der Waals surface area contributed by atoms with Gasteiger partial charge in [0.05, 0.1) is 0 Å². The van der Waals surface area contributed by atoms with Crippen LogP contribution in [0, 0.1) is 0 Å². The molecule has 20 heavy (non-hydrogen) atoms. The Morgan fingerprint density at radius 1 is 0.650 bits per heavy atom. The molecule has 0 saturated heterocycles. The van der Waals surface area contributed by atoms with Gasteiger partial charge >= 0.3 is 0 Å². The lowest BCUT2D eigenvalue weighted by molar-refractivity contribution is 1.54. The molecule has 1 aromatic heterocycles. The van der Waals surface area contributed by atoms with Gasteiger partial charge in [-0.25, -0.2) is 0 Å². The lowest BCUT2D eigenvalue weighted by Crippen LogP contribution is -1.99. The van der Waals surface area contributed by atoms with Crippen molar-refractivity contribution in [1.82, 2.24) is 4.98 Å². The van der Waals surface area contributed by atoms with Crippen molar-refractivity contribution in [3.8, 4) is 11.1 Å². The third-order valence-electron chi connectivity index (χ3n) is 3.75. The molecule has 0 unspecified atom stereocenters. The minimum atomic E-state index is 0.793.